The van der Waals surface area contributed by atoms with Gasteiger partial charge in [0.05, 0.1) is 6.54 Å². The van der Waals surface area contributed by atoms with Gasteiger partial charge in [-0.05, 0) is 39.8 Å². The minimum atomic E-state index is 0.361. The van der Waals surface area contributed by atoms with Crippen molar-refractivity contribution in [1.29, 1.82) is 0 Å². The van der Waals surface area contributed by atoms with Gasteiger partial charge in [-0.15, -0.1) is 0 Å². The van der Waals surface area contributed by atoms with Gasteiger partial charge in [0.25, 0.3) is 0 Å². The summed E-state index contributed by atoms with van der Waals surface area (Å²) in [6, 6.07) is 0.361. The Hall–Kier alpha value is -0.940. The summed E-state index contributed by atoms with van der Waals surface area (Å²) in [5.74, 6) is 1.99. The van der Waals surface area contributed by atoms with Crippen LogP contribution < -0.4 is 5.73 Å². The van der Waals surface area contributed by atoms with Crippen LogP contribution in [0.25, 0.3) is 0 Å². The molecular weight excluding hydrogens is 204 g/mol. The zero-order valence-electron chi connectivity index (χ0n) is 10.0. The van der Waals surface area contributed by atoms with E-state index in [0.29, 0.717) is 12.0 Å². The molecule has 1 fully saturated rings. The fraction of sp³-hybridized carbons (Fsp3) is 0.818. The second-order valence-corrected chi connectivity index (χ2v) is 4.90. The number of hydrogen-bond donors (Lipinski definition) is 1. The third kappa shape index (κ3) is 2.80. The van der Waals surface area contributed by atoms with Crippen molar-refractivity contribution in [2.75, 3.05) is 14.1 Å². The molecule has 1 aliphatic rings. The van der Waals surface area contributed by atoms with E-state index in [1.807, 2.05) is 19.0 Å². The molecular formula is C11H20N4O. The number of aromatic nitrogens is 2. The van der Waals surface area contributed by atoms with E-state index in [1.54, 1.807) is 0 Å². The fourth-order valence-corrected chi connectivity index (χ4v) is 2.15. The summed E-state index contributed by atoms with van der Waals surface area (Å²) in [4.78, 5) is 6.47. The van der Waals surface area contributed by atoms with Gasteiger partial charge in [-0.25, -0.2) is 0 Å². The van der Waals surface area contributed by atoms with Gasteiger partial charge in [0, 0.05) is 12.0 Å². The highest BCUT2D eigenvalue weighted by Crippen LogP contribution is 2.31. The lowest BCUT2D eigenvalue weighted by atomic mass is 9.86. The van der Waals surface area contributed by atoms with Gasteiger partial charge in [0.1, 0.15) is 0 Å². The van der Waals surface area contributed by atoms with Crippen molar-refractivity contribution in [3.63, 3.8) is 0 Å². The highest BCUT2D eigenvalue weighted by molar-refractivity contribution is 4.96. The Morgan fingerprint density at radius 3 is 2.62 bits per heavy atom. The molecule has 0 bridgehead atoms. The van der Waals surface area contributed by atoms with Crippen molar-refractivity contribution < 1.29 is 4.52 Å². The summed E-state index contributed by atoms with van der Waals surface area (Å²) in [5, 5.41) is 3.99. The van der Waals surface area contributed by atoms with Gasteiger partial charge in [-0.2, -0.15) is 4.98 Å². The average molecular weight is 224 g/mol. The SMILES string of the molecule is CN(C)Cc1noc(C2CCC(N)CC2)n1. The molecule has 0 amide bonds. The molecule has 1 heterocycles. The summed E-state index contributed by atoms with van der Waals surface area (Å²) in [6.45, 7) is 0.732. The minimum absolute atomic E-state index is 0.361. The average Bonchev–Trinajstić information content (AvgIpc) is 2.66. The molecule has 2 N–H and O–H groups in total. The first-order valence-corrected chi connectivity index (χ1v) is 5.88. The van der Waals surface area contributed by atoms with Crippen LogP contribution in [0.3, 0.4) is 0 Å². The number of nitrogens with two attached hydrogens (primary N) is 1. The maximum absolute atomic E-state index is 5.87. The summed E-state index contributed by atoms with van der Waals surface area (Å²) in [7, 11) is 3.99. The van der Waals surface area contributed by atoms with E-state index in [-0.39, 0.29) is 0 Å². The molecule has 1 saturated carbocycles. The molecule has 90 valence electrons. The maximum atomic E-state index is 5.87. The molecule has 0 atom stereocenters. The minimum Gasteiger partial charge on any atom is -0.339 e. The van der Waals surface area contributed by atoms with Crippen LogP contribution in [0.1, 0.15) is 43.3 Å². The summed E-state index contributed by atoms with van der Waals surface area (Å²) in [5.41, 5.74) is 5.87. The zero-order valence-corrected chi connectivity index (χ0v) is 10.0. The second-order valence-electron chi connectivity index (χ2n) is 4.90. The van der Waals surface area contributed by atoms with Gasteiger partial charge in [-0.3, -0.25) is 0 Å². The van der Waals surface area contributed by atoms with E-state index in [9.17, 15) is 0 Å². The van der Waals surface area contributed by atoms with Crippen LogP contribution in [-0.4, -0.2) is 35.2 Å². The van der Waals surface area contributed by atoms with Gasteiger partial charge in [-0.1, -0.05) is 5.16 Å². The molecule has 16 heavy (non-hydrogen) atoms. The molecule has 0 unspecified atom stereocenters. The lowest BCUT2D eigenvalue weighted by Gasteiger charge is -2.22. The van der Waals surface area contributed by atoms with Gasteiger partial charge >= 0.3 is 0 Å². The quantitative estimate of drug-likeness (QED) is 0.833. The third-order valence-electron chi connectivity index (χ3n) is 3.06. The van der Waals surface area contributed by atoms with Crippen molar-refractivity contribution >= 4 is 0 Å². The van der Waals surface area contributed by atoms with Crippen LogP contribution in [0.15, 0.2) is 4.52 Å². The van der Waals surface area contributed by atoms with Crippen molar-refractivity contribution in [2.45, 2.75) is 44.2 Å². The monoisotopic (exact) mass is 224 g/mol. The van der Waals surface area contributed by atoms with Crippen LogP contribution in [0.2, 0.25) is 0 Å². The van der Waals surface area contributed by atoms with Gasteiger partial charge in [0.15, 0.2) is 5.82 Å². The topological polar surface area (TPSA) is 68.2 Å². The van der Waals surface area contributed by atoms with E-state index >= 15 is 0 Å². The summed E-state index contributed by atoms with van der Waals surface area (Å²) in [6.07, 6.45) is 4.28. The normalized spacial score (nSPS) is 26.2. The van der Waals surface area contributed by atoms with E-state index in [0.717, 1.165) is 43.9 Å². The molecule has 5 heteroatoms. The first kappa shape index (κ1) is 11.5. The molecule has 0 aliphatic heterocycles. The van der Waals surface area contributed by atoms with Crippen LogP contribution in [0, 0.1) is 0 Å². The highest BCUT2D eigenvalue weighted by atomic mass is 16.5. The molecule has 1 aromatic heterocycles. The zero-order chi connectivity index (χ0) is 11.5. The molecule has 1 aliphatic carbocycles. The van der Waals surface area contributed by atoms with Crippen molar-refractivity contribution in [3.05, 3.63) is 11.7 Å². The molecule has 0 aromatic carbocycles. The highest BCUT2D eigenvalue weighted by Gasteiger charge is 2.24. The van der Waals surface area contributed by atoms with Crippen LogP contribution in [0.4, 0.5) is 0 Å². The molecule has 0 spiro atoms. The van der Waals surface area contributed by atoms with Crippen molar-refractivity contribution in [2.24, 2.45) is 5.73 Å². The Kier molecular flexibility index (Phi) is 3.56. The molecule has 0 radical (unpaired) electrons. The fourth-order valence-electron chi connectivity index (χ4n) is 2.15. The molecule has 2 rings (SSSR count). The predicted octanol–water partition coefficient (Wildman–Crippen LogP) is 1.12. The molecule has 5 nitrogen and oxygen atoms in total. The lowest BCUT2D eigenvalue weighted by Crippen LogP contribution is -2.25. The lowest BCUT2D eigenvalue weighted by molar-refractivity contribution is 0.296. The molecule has 0 saturated heterocycles. The molecule has 1 aromatic rings. The van der Waals surface area contributed by atoms with Gasteiger partial charge < -0.3 is 15.2 Å². The second kappa shape index (κ2) is 4.93. The van der Waals surface area contributed by atoms with E-state index in [1.165, 1.54) is 0 Å². The van der Waals surface area contributed by atoms with E-state index < -0.39 is 0 Å². The first-order chi connectivity index (χ1) is 7.65. The Labute approximate surface area is 96.0 Å². The van der Waals surface area contributed by atoms with Crippen LogP contribution >= 0.6 is 0 Å². The van der Waals surface area contributed by atoms with E-state index in [2.05, 4.69) is 10.1 Å². The van der Waals surface area contributed by atoms with Crippen molar-refractivity contribution in [1.82, 2.24) is 15.0 Å². The Morgan fingerprint density at radius 2 is 2.00 bits per heavy atom. The van der Waals surface area contributed by atoms with Crippen LogP contribution in [0.5, 0.6) is 0 Å². The number of hydrogen-bond acceptors (Lipinski definition) is 5. The van der Waals surface area contributed by atoms with Crippen molar-refractivity contribution in [3.8, 4) is 0 Å². The summed E-state index contributed by atoms with van der Waals surface area (Å²) < 4.78 is 5.31. The Bertz CT molecular complexity index is 328. The largest absolute Gasteiger partial charge is 0.339 e. The first-order valence-electron chi connectivity index (χ1n) is 5.88. The third-order valence-corrected chi connectivity index (χ3v) is 3.06. The van der Waals surface area contributed by atoms with Crippen LogP contribution in [-0.2, 0) is 6.54 Å². The standard InChI is InChI=1S/C11H20N4O/c1-15(2)7-10-13-11(16-14-10)8-3-5-9(12)6-4-8/h8-9H,3-7,12H2,1-2H3. The maximum Gasteiger partial charge on any atom is 0.229 e. The van der Waals surface area contributed by atoms with E-state index in [4.69, 9.17) is 10.3 Å². The predicted molar refractivity (Wildman–Crippen MR) is 60.9 cm³/mol. The smallest absolute Gasteiger partial charge is 0.229 e. The number of rotatable bonds is 3. The Balaban J connectivity index is 1.96. The Morgan fingerprint density at radius 1 is 1.31 bits per heavy atom. The summed E-state index contributed by atoms with van der Waals surface area (Å²) >= 11 is 0. The number of nitrogens with zero attached hydrogens (tertiary/aromatic N) is 3. The van der Waals surface area contributed by atoms with Gasteiger partial charge in [0.2, 0.25) is 5.89 Å².